The molecule has 2 aromatic rings. The highest BCUT2D eigenvalue weighted by Gasteiger charge is 2.41. The molecular weight excluding hydrogens is 502 g/mol. The monoisotopic (exact) mass is 537 g/mol. The smallest absolute Gasteiger partial charge is 0.250 e. The number of carbonyl (C=O) groups excluding carboxylic acids is 2. The van der Waals surface area contributed by atoms with E-state index in [1.54, 1.807) is 17.0 Å². The molecule has 4 aliphatic rings. The molecule has 10 heteroatoms. The number of hydrogen-bond acceptors (Lipinski definition) is 6. The minimum atomic E-state index is -3.65. The van der Waals surface area contributed by atoms with Crippen LogP contribution in [0.25, 0.3) is 0 Å². The van der Waals surface area contributed by atoms with Crippen molar-refractivity contribution in [1.29, 1.82) is 0 Å². The topological polar surface area (TPSA) is 84.5 Å². The number of anilines is 3. The lowest BCUT2D eigenvalue weighted by atomic mass is 9.96. The molecule has 0 spiro atoms. The zero-order chi connectivity index (χ0) is 26.3. The Bertz CT molecular complexity index is 1300. The van der Waals surface area contributed by atoms with Gasteiger partial charge in [0.1, 0.15) is 12.6 Å². The first kappa shape index (κ1) is 25.2. The lowest BCUT2D eigenvalue weighted by Gasteiger charge is -2.45. The maximum absolute atomic E-state index is 13.7. The van der Waals surface area contributed by atoms with Crippen molar-refractivity contribution in [3.63, 3.8) is 0 Å². The molecule has 3 fully saturated rings. The quantitative estimate of drug-likeness (QED) is 0.583. The van der Waals surface area contributed by atoms with Crippen LogP contribution in [0.1, 0.15) is 32.1 Å². The molecule has 38 heavy (non-hydrogen) atoms. The molecule has 3 saturated heterocycles. The van der Waals surface area contributed by atoms with Crippen molar-refractivity contribution in [2.45, 2.75) is 43.0 Å². The number of benzene rings is 2. The highest BCUT2D eigenvalue weighted by atomic mass is 32.2. The van der Waals surface area contributed by atoms with Gasteiger partial charge in [-0.05, 0) is 62.4 Å². The maximum Gasteiger partial charge on any atom is 0.250 e. The standard InChI is InChI=1S/C28H35N5O4S/c34-27(30-18-16-29(17-19-30)22-8-2-1-3-9-22)21-33-26-20-23(38(36,37)31-13-6-7-14-31)11-12-24(26)32-15-5-4-10-25(32)28(33)35/h1-3,8-9,11-12,20,25H,4-7,10,13-19,21H2/t25-/m0/s1. The molecule has 0 aliphatic carbocycles. The van der Waals surface area contributed by atoms with E-state index in [0.717, 1.165) is 63.1 Å². The Morgan fingerprint density at radius 3 is 2.26 bits per heavy atom. The largest absolute Gasteiger partial charge is 0.368 e. The molecule has 0 unspecified atom stereocenters. The summed E-state index contributed by atoms with van der Waals surface area (Å²) in [6.07, 6.45) is 4.41. The van der Waals surface area contributed by atoms with Gasteiger partial charge in [-0.25, -0.2) is 8.42 Å². The summed E-state index contributed by atoms with van der Waals surface area (Å²) < 4.78 is 28.2. The Balaban J connectivity index is 1.25. The maximum atomic E-state index is 13.7. The van der Waals surface area contributed by atoms with E-state index >= 15 is 0 Å². The Morgan fingerprint density at radius 1 is 0.816 bits per heavy atom. The van der Waals surface area contributed by atoms with Gasteiger partial charge in [0.25, 0.3) is 0 Å². The van der Waals surface area contributed by atoms with Gasteiger partial charge in [0.05, 0.1) is 16.3 Å². The van der Waals surface area contributed by atoms with Crippen molar-refractivity contribution < 1.29 is 18.0 Å². The first-order valence-corrected chi connectivity index (χ1v) is 15.2. The van der Waals surface area contributed by atoms with Crippen LogP contribution in [-0.2, 0) is 19.6 Å². The second kappa shape index (κ2) is 10.2. The van der Waals surface area contributed by atoms with Gasteiger partial charge in [0.15, 0.2) is 0 Å². The van der Waals surface area contributed by atoms with Gasteiger partial charge in [-0.2, -0.15) is 4.31 Å². The highest BCUT2D eigenvalue weighted by Crippen LogP contribution is 2.41. The Hall–Kier alpha value is -3.11. The predicted molar refractivity (Wildman–Crippen MR) is 147 cm³/mol. The van der Waals surface area contributed by atoms with E-state index in [-0.39, 0.29) is 29.3 Å². The molecular formula is C28H35N5O4S. The van der Waals surface area contributed by atoms with E-state index in [2.05, 4.69) is 21.9 Å². The molecule has 2 aromatic carbocycles. The molecule has 0 saturated carbocycles. The van der Waals surface area contributed by atoms with Crippen molar-refractivity contribution >= 4 is 38.9 Å². The second-order valence-corrected chi connectivity index (χ2v) is 12.5. The van der Waals surface area contributed by atoms with Gasteiger partial charge in [0, 0.05) is 51.5 Å². The van der Waals surface area contributed by atoms with Crippen LogP contribution >= 0.6 is 0 Å². The number of piperazine rings is 1. The van der Waals surface area contributed by atoms with Crippen LogP contribution in [-0.4, -0.2) is 87.8 Å². The summed E-state index contributed by atoms with van der Waals surface area (Å²) >= 11 is 0. The molecule has 2 amide bonds. The average Bonchev–Trinajstić information content (AvgIpc) is 3.52. The molecule has 0 aromatic heterocycles. The zero-order valence-corrected chi connectivity index (χ0v) is 22.5. The fourth-order valence-electron chi connectivity index (χ4n) is 6.23. The van der Waals surface area contributed by atoms with Gasteiger partial charge >= 0.3 is 0 Å². The van der Waals surface area contributed by atoms with E-state index in [1.165, 1.54) is 4.31 Å². The van der Waals surface area contributed by atoms with E-state index in [4.69, 9.17) is 0 Å². The first-order chi connectivity index (χ1) is 18.4. The van der Waals surface area contributed by atoms with Crippen molar-refractivity contribution in [2.75, 3.05) is 67.1 Å². The van der Waals surface area contributed by atoms with Gasteiger partial charge in [-0.15, -0.1) is 0 Å². The minimum absolute atomic E-state index is 0.0747. The normalized spacial score (nSPS) is 22.4. The summed E-state index contributed by atoms with van der Waals surface area (Å²) in [7, 11) is -3.65. The number of nitrogens with zero attached hydrogens (tertiary/aromatic N) is 5. The number of carbonyl (C=O) groups is 2. The Kier molecular flexibility index (Phi) is 6.77. The van der Waals surface area contributed by atoms with Crippen molar-refractivity contribution in [1.82, 2.24) is 9.21 Å². The molecule has 9 nitrogen and oxygen atoms in total. The molecule has 0 radical (unpaired) electrons. The third-order valence-corrected chi connectivity index (χ3v) is 10.2. The van der Waals surface area contributed by atoms with Crippen LogP contribution in [0.3, 0.4) is 0 Å². The Labute approximate surface area is 224 Å². The van der Waals surface area contributed by atoms with Crippen LogP contribution < -0.4 is 14.7 Å². The van der Waals surface area contributed by atoms with Crippen molar-refractivity contribution in [3.8, 4) is 0 Å². The summed E-state index contributed by atoms with van der Waals surface area (Å²) in [6.45, 7) is 4.35. The second-order valence-electron chi connectivity index (χ2n) is 10.6. The number of piperidine rings is 1. The third-order valence-electron chi connectivity index (χ3n) is 8.35. The summed E-state index contributed by atoms with van der Waals surface area (Å²) in [5.41, 5.74) is 2.52. The van der Waals surface area contributed by atoms with E-state index in [9.17, 15) is 18.0 Å². The molecule has 1 atom stereocenters. The summed E-state index contributed by atoms with van der Waals surface area (Å²) in [5, 5.41) is 0. The lowest BCUT2D eigenvalue weighted by molar-refractivity contribution is -0.132. The van der Waals surface area contributed by atoms with Crippen molar-refractivity contribution in [3.05, 3.63) is 48.5 Å². The molecule has 6 rings (SSSR count). The SMILES string of the molecule is O=C(CN1C(=O)[C@@H]2CCCCN2c2ccc(S(=O)(=O)N3CCCC3)cc21)N1CCN(c2ccccc2)CC1. The predicted octanol–water partition coefficient (Wildman–Crippen LogP) is 2.53. The molecule has 0 N–H and O–H groups in total. The Morgan fingerprint density at radius 2 is 1.53 bits per heavy atom. The lowest BCUT2D eigenvalue weighted by Crippen LogP contribution is -2.58. The number of para-hydroxylation sites is 1. The minimum Gasteiger partial charge on any atom is -0.368 e. The number of sulfonamides is 1. The van der Waals surface area contributed by atoms with Crippen molar-refractivity contribution in [2.24, 2.45) is 0 Å². The van der Waals surface area contributed by atoms with Gasteiger partial charge < -0.3 is 14.7 Å². The fourth-order valence-corrected chi connectivity index (χ4v) is 7.76. The van der Waals surface area contributed by atoms with Crippen LogP contribution in [0.5, 0.6) is 0 Å². The summed E-state index contributed by atoms with van der Waals surface area (Å²) in [6, 6.07) is 15.0. The van der Waals surface area contributed by atoms with Crippen LogP contribution in [0.4, 0.5) is 17.1 Å². The zero-order valence-electron chi connectivity index (χ0n) is 21.7. The molecule has 4 heterocycles. The fraction of sp³-hybridized carbons (Fsp3) is 0.500. The molecule has 4 aliphatic heterocycles. The van der Waals surface area contributed by atoms with Gasteiger partial charge in [-0.1, -0.05) is 18.2 Å². The molecule has 0 bridgehead atoms. The van der Waals surface area contributed by atoms with E-state index < -0.39 is 10.0 Å². The molecule has 202 valence electrons. The van der Waals surface area contributed by atoms with Crippen LogP contribution in [0.15, 0.2) is 53.4 Å². The van der Waals surface area contributed by atoms with Crippen LogP contribution in [0.2, 0.25) is 0 Å². The van der Waals surface area contributed by atoms with Gasteiger partial charge in [0.2, 0.25) is 21.8 Å². The number of hydrogen-bond donors (Lipinski definition) is 0. The third kappa shape index (κ3) is 4.53. The summed E-state index contributed by atoms with van der Waals surface area (Å²) in [4.78, 5) is 35.2. The number of fused-ring (bicyclic) bond motifs is 3. The number of rotatable bonds is 5. The van der Waals surface area contributed by atoms with Gasteiger partial charge in [-0.3, -0.25) is 14.5 Å². The number of amides is 2. The first-order valence-electron chi connectivity index (χ1n) is 13.7. The average molecular weight is 538 g/mol. The van der Waals surface area contributed by atoms with E-state index in [0.29, 0.717) is 31.9 Å². The summed E-state index contributed by atoms with van der Waals surface area (Å²) in [5.74, 6) is -0.210. The van der Waals surface area contributed by atoms with E-state index in [1.807, 2.05) is 29.2 Å². The van der Waals surface area contributed by atoms with Crippen LogP contribution in [0, 0.1) is 0 Å². The highest BCUT2D eigenvalue weighted by molar-refractivity contribution is 7.89.